The van der Waals surface area contributed by atoms with Gasteiger partial charge in [0, 0.05) is 0 Å². The van der Waals surface area contributed by atoms with E-state index in [0.717, 1.165) is 35.5 Å². The highest BCUT2D eigenvalue weighted by Crippen LogP contribution is 2.48. The highest BCUT2D eigenvalue weighted by atomic mass is 14.8. The molecule has 3 aliphatic rings. The lowest BCUT2D eigenvalue weighted by Gasteiger charge is -2.39. The Labute approximate surface area is 158 Å². The topological polar surface area (TPSA) is 12.0 Å². The van der Waals surface area contributed by atoms with Crippen molar-refractivity contribution in [3.8, 4) is 0 Å². The van der Waals surface area contributed by atoms with Gasteiger partial charge in [0.25, 0.3) is 0 Å². The molecule has 0 aromatic carbocycles. The van der Waals surface area contributed by atoms with Crippen LogP contribution in [-0.4, -0.2) is 13.6 Å². The molecular weight excluding hydrogens is 302 g/mol. The van der Waals surface area contributed by atoms with E-state index in [9.17, 15) is 0 Å². The molecule has 3 rings (SSSR count). The zero-order valence-electron chi connectivity index (χ0n) is 17.3. The van der Waals surface area contributed by atoms with Gasteiger partial charge in [-0.05, 0) is 74.8 Å². The lowest BCUT2D eigenvalue weighted by atomic mass is 9.66. The third-order valence-corrected chi connectivity index (χ3v) is 8.06. The van der Waals surface area contributed by atoms with Crippen molar-refractivity contribution in [2.45, 2.75) is 103 Å². The average Bonchev–Trinajstić information content (AvgIpc) is 2.76. The van der Waals surface area contributed by atoms with Crippen LogP contribution in [0.1, 0.15) is 103 Å². The van der Waals surface area contributed by atoms with Crippen LogP contribution in [0.25, 0.3) is 0 Å². The zero-order chi connectivity index (χ0) is 17.5. The predicted octanol–water partition coefficient (Wildman–Crippen LogP) is 6.82. The molecule has 0 radical (unpaired) electrons. The Morgan fingerprint density at radius 1 is 0.640 bits per heavy atom. The molecule has 1 nitrogen and oxygen atoms in total. The minimum absolute atomic E-state index is 0.927. The smallest absolute Gasteiger partial charge is 0.00234 e. The first kappa shape index (κ1) is 19.7. The molecule has 0 spiro atoms. The molecule has 0 heterocycles. The van der Waals surface area contributed by atoms with Gasteiger partial charge in [-0.2, -0.15) is 0 Å². The van der Waals surface area contributed by atoms with E-state index in [0.29, 0.717) is 0 Å². The predicted molar refractivity (Wildman–Crippen MR) is 110 cm³/mol. The summed E-state index contributed by atoms with van der Waals surface area (Å²) < 4.78 is 0. The van der Waals surface area contributed by atoms with E-state index in [-0.39, 0.29) is 0 Å². The normalized spacial score (nSPS) is 41.5. The third kappa shape index (κ3) is 5.72. The largest absolute Gasteiger partial charge is 0.319 e. The second kappa shape index (κ2) is 10.3. The summed E-state index contributed by atoms with van der Waals surface area (Å²) in [5.41, 5.74) is 0. The Morgan fingerprint density at radius 2 is 1.20 bits per heavy atom. The molecule has 0 saturated heterocycles. The SMILES string of the molecule is CNC[C@@H]1CCC2CCCCCCCC3CCCCC(CC(C)C1)C32. The first-order valence-corrected chi connectivity index (χ1v) is 11.9. The van der Waals surface area contributed by atoms with Gasteiger partial charge in [0.1, 0.15) is 0 Å². The van der Waals surface area contributed by atoms with Crippen LogP contribution in [0.2, 0.25) is 0 Å². The summed E-state index contributed by atoms with van der Waals surface area (Å²) in [6, 6.07) is 0. The quantitative estimate of drug-likeness (QED) is 0.578. The molecule has 0 aromatic heterocycles. The van der Waals surface area contributed by atoms with Gasteiger partial charge in [-0.25, -0.2) is 0 Å². The summed E-state index contributed by atoms with van der Waals surface area (Å²) in [6.45, 7) is 3.82. The van der Waals surface area contributed by atoms with Crippen LogP contribution < -0.4 is 5.32 Å². The van der Waals surface area contributed by atoms with Crippen LogP contribution in [0.4, 0.5) is 0 Å². The fraction of sp³-hybridized carbons (Fsp3) is 1.00. The monoisotopic (exact) mass is 347 g/mol. The van der Waals surface area contributed by atoms with Crippen LogP contribution in [-0.2, 0) is 0 Å². The van der Waals surface area contributed by atoms with E-state index in [1.165, 1.54) is 77.2 Å². The molecule has 25 heavy (non-hydrogen) atoms. The van der Waals surface area contributed by atoms with E-state index in [4.69, 9.17) is 0 Å². The Kier molecular flexibility index (Phi) is 8.15. The van der Waals surface area contributed by atoms with E-state index < -0.39 is 0 Å². The van der Waals surface area contributed by atoms with Crippen molar-refractivity contribution < 1.29 is 0 Å². The maximum atomic E-state index is 3.50. The molecule has 0 aliphatic heterocycles. The molecule has 6 atom stereocenters. The summed E-state index contributed by atoms with van der Waals surface area (Å²) in [7, 11) is 2.15. The van der Waals surface area contributed by atoms with Crippen LogP contribution in [0.3, 0.4) is 0 Å². The van der Waals surface area contributed by atoms with Crippen LogP contribution in [0, 0.1) is 35.5 Å². The minimum Gasteiger partial charge on any atom is -0.319 e. The van der Waals surface area contributed by atoms with Crippen LogP contribution in [0.15, 0.2) is 0 Å². The van der Waals surface area contributed by atoms with E-state index >= 15 is 0 Å². The fourth-order valence-electron chi connectivity index (χ4n) is 7.06. The molecule has 146 valence electrons. The first-order chi connectivity index (χ1) is 12.3. The lowest BCUT2D eigenvalue weighted by molar-refractivity contribution is 0.104. The molecule has 0 amide bonds. The standard InChI is InChI=1S/C24H45N/c1-19-16-20(18-25-2)14-15-22-11-7-5-3-4-6-10-21-12-8-9-13-23(17-19)24(21)22/h19-25H,3-18H2,1-2H3/t19?,20-,21?,22?,23?,24?/m1/s1. The maximum Gasteiger partial charge on any atom is -0.00234 e. The minimum atomic E-state index is 0.927. The van der Waals surface area contributed by atoms with Crippen LogP contribution >= 0.6 is 0 Å². The first-order valence-electron chi connectivity index (χ1n) is 11.9. The summed E-state index contributed by atoms with van der Waals surface area (Å²) in [5, 5.41) is 3.50. The van der Waals surface area contributed by atoms with Gasteiger partial charge in [0.05, 0.1) is 0 Å². The second-order valence-corrected chi connectivity index (χ2v) is 10.1. The molecule has 3 saturated carbocycles. The molecule has 0 bridgehead atoms. The average molecular weight is 348 g/mol. The molecule has 1 heteroatoms. The molecule has 3 fully saturated rings. The summed E-state index contributed by atoms with van der Waals surface area (Å²) in [4.78, 5) is 0. The number of hydrogen-bond donors (Lipinski definition) is 1. The van der Waals surface area contributed by atoms with Gasteiger partial charge < -0.3 is 5.32 Å². The summed E-state index contributed by atoms with van der Waals surface area (Å²) >= 11 is 0. The van der Waals surface area contributed by atoms with Crippen LogP contribution in [0.5, 0.6) is 0 Å². The number of nitrogens with one attached hydrogen (secondary N) is 1. The van der Waals surface area contributed by atoms with Gasteiger partial charge in [-0.3, -0.25) is 0 Å². The highest BCUT2D eigenvalue weighted by Gasteiger charge is 2.38. The Bertz CT molecular complexity index is 365. The van der Waals surface area contributed by atoms with Crippen molar-refractivity contribution in [3.63, 3.8) is 0 Å². The molecule has 1 N–H and O–H groups in total. The highest BCUT2D eigenvalue weighted by molar-refractivity contribution is 4.89. The van der Waals surface area contributed by atoms with Crippen molar-refractivity contribution in [1.29, 1.82) is 0 Å². The molecule has 3 aliphatic carbocycles. The van der Waals surface area contributed by atoms with Gasteiger partial charge in [0.2, 0.25) is 0 Å². The summed E-state index contributed by atoms with van der Waals surface area (Å²) in [6.07, 6.45) is 22.9. The molecular formula is C24H45N. The second-order valence-electron chi connectivity index (χ2n) is 10.1. The van der Waals surface area contributed by atoms with E-state index in [2.05, 4.69) is 19.3 Å². The van der Waals surface area contributed by atoms with Crippen molar-refractivity contribution >= 4 is 0 Å². The Balaban J connectivity index is 1.81. The molecule has 0 aromatic rings. The Morgan fingerprint density at radius 3 is 1.88 bits per heavy atom. The third-order valence-electron chi connectivity index (χ3n) is 8.06. The van der Waals surface area contributed by atoms with Crippen molar-refractivity contribution in [3.05, 3.63) is 0 Å². The van der Waals surface area contributed by atoms with Crippen molar-refractivity contribution in [2.24, 2.45) is 35.5 Å². The van der Waals surface area contributed by atoms with E-state index in [1.54, 1.807) is 25.7 Å². The number of hydrogen-bond acceptors (Lipinski definition) is 1. The zero-order valence-corrected chi connectivity index (χ0v) is 17.3. The fourth-order valence-corrected chi connectivity index (χ4v) is 7.06. The van der Waals surface area contributed by atoms with Gasteiger partial charge >= 0.3 is 0 Å². The van der Waals surface area contributed by atoms with E-state index in [1.807, 2.05) is 0 Å². The molecule has 5 unspecified atom stereocenters. The van der Waals surface area contributed by atoms with Gasteiger partial charge in [0.15, 0.2) is 0 Å². The van der Waals surface area contributed by atoms with Crippen molar-refractivity contribution in [2.75, 3.05) is 13.6 Å². The number of rotatable bonds is 2. The van der Waals surface area contributed by atoms with Gasteiger partial charge in [-0.1, -0.05) is 77.6 Å². The van der Waals surface area contributed by atoms with Gasteiger partial charge in [-0.15, -0.1) is 0 Å². The van der Waals surface area contributed by atoms with Crippen molar-refractivity contribution in [1.82, 2.24) is 5.32 Å². The maximum absolute atomic E-state index is 3.50. The lowest BCUT2D eigenvalue weighted by Crippen LogP contribution is -2.31. The summed E-state index contributed by atoms with van der Waals surface area (Å²) in [5.74, 6) is 6.13. The Hall–Kier alpha value is -0.0400.